The van der Waals surface area contributed by atoms with E-state index >= 15 is 0 Å². The van der Waals surface area contributed by atoms with Crippen molar-refractivity contribution < 1.29 is 4.74 Å². The van der Waals surface area contributed by atoms with Gasteiger partial charge in [0.05, 0.1) is 6.61 Å². The summed E-state index contributed by atoms with van der Waals surface area (Å²) < 4.78 is 5.82. The Balaban J connectivity index is 2.58. The average molecular weight is 235 g/mol. The number of rotatable bonds is 6. The van der Waals surface area contributed by atoms with E-state index < -0.39 is 0 Å². The molecule has 2 heteroatoms. The van der Waals surface area contributed by atoms with Crippen LogP contribution in [0, 0.1) is 12.8 Å². The number of hydrogen-bond donors (Lipinski definition) is 1. The predicted octanol–water partition coefficient (Wildman–Crippen LogP) is 3.83. The van der Waals surface area contributed by atoms with E-state index in [1.54, 1.807) is 0 Å². The van der Waals surface area contributed by atoms with Gasteiger partial charge in [0.15, 0.2) is 0 Å². The molecule has 0 bridgehead atoms. The lowest BCUT2D eigenvalue weighted by molar-refractivity contribution is 0.293. The SMILES string of the molecule is Cc1ccc(OCCCC(C)C)c(C(C)N)c1. The van der Waals surface area contributed by atoms with Gasteiger partial charge in [0.2, 0.25) is 0 Å². The van der Waals surface area contributed by atoms with Gasteiger partial charge >= 0.3 is 0 Å². The molecular formula is C15H25NO. The van der Waals surface area contributed by atoms with Crippen LogP contribution < -0.4 is 10.5 Å². The summed E-state index contributed by atoms with van der Waals surface area (Å²) in [7, 11) is 0. The van der Waals surface area contributed by atoms with Gasteiger partial charge < -0.3 is 10.5 Å². The molecule has 1 aromatic rings. The normalized spacial score (nSPS) is 12.8. The lowest BCUT2D eigenvalue weighted by Crippen LogP contribution is -2.09. The molecule has 1 unspecified atom stereocenters. The summed E-state index contributed by atoms with van der Waals surface area (Å²) in [6.45, 7) is 9.32. The van der Waals surface area contributed by atoms with E-state index in [2.05, 4.69) is 32.9 Å². The average Bonchev–Trinajstić information content (AvgIpc) is 2.25. The van der Waals surface area contributed by atoms with Crippen molar-refractivity contribution in [1.82, 2.24) is 0 Å². The molecular weight excluding hydrogens is 210 g/mol. The summed E-state index contributed by atoms with van der Waals surface area (Å²) in [6, 6.07) is 6.24. The van der Waals surface area contributed by atoms with E-state index in [1.807, 2.05) is 13.0 Å². The van der Waals surface area contributed by atoms with Crippen molar-refractivity contribution in [3.05, 3.63) is 29.3 Å². The number of aryl methyl sites for hydroxylation is 1. The van der Waals surface area contributed by atoms with Crippen LogP contribution in [0.5, 0.6) is 5.75 Å². The van der Waals surface area contributed by atoms with Gasteiger partial charge in [-0.3, -0.25) is 0 Å². The quantitative estimate of drug-likeness (QED) is 0.760. The third-order valence-corrected chi connectivity index (χ3v) is 2.84. The monoisotopic (exact) mass is 235 g/mol. The molecule has 0 aromatic heterocycles. The fraction of sp³-hybridized carbons (Fsp3) is 0.600. The first-order valence-electron chi connectivity index (χ1n) is 6.49. The minimum Gasteiger partial charge on any atom is -0.493 e. The third-order valence-electron chi connectivity index (χ3n) is 2.84. The van der Waals surface area contributed by atoms with Gasteiger partial charge in [0, 0.05) is 11.6 Å². The largest absolute Gasteiger partial charge is 0.493 e. The third kappa shape index (κ3) is 4.78. The van der Waals surface area contributed by atoms with E-state index in [1.165, 1.54) is 12.0 Å². The van der Waals surface area contributed by atoms with E-state index in [-0.39, 0.29) is 6.04 Å². The fourth-order valence-electron chi connectivity index (χ4n) is 1.83. The predicted molar refractivity (Wildman–Crippen MR) is 73.3 cm³/mol. The van der Waals surface area contributed by atoms with Crippen LogP contribution in [-0.2, 0) is 0 Å². The highest BCUT2D eigenvalue weighted by molar-refractivity contribution is 5.38. The smallest absolute Gasteiger partial charge is 0.124 e. The number of benzene rings is 1. The minimum absolute atomic E-state index is 0.0231. The molecule has 1 aromatic carbocycles. The minimum atomic E-state index is 0.0231. The lowest BCUT2D eigenvalue weighted by atomic mass is 10.1. The number of nitrogens with two attached hydrogens (primary N) is 1. The van der Waals surface area contributed by atoms with Crippen LogP contribution in [0.4, 0.5) is 0 Å². The highest BCUT2D eigenvalue weighted by Gasteiger charge is 2.08. The van der Waals surface area contributed by atoms with Crippen molar-refractivity contribution in [1.29, 1.82) is 0 Å². The maximum absolute atomic E-state index is 5.96. The van der Waals surface area contributed by atoms with Gasteiger partial charge in [-0.1, -0.05) is 31.5 Å². The molecule has 17 heavy (non-hydrogen) atoms. The molecule has 1 rings (SSSR count). The van der Waals surface area contributed by atoms with Crippen LogP contribution in [0.15, 0.2) is 18.2 Å². The topological polar surface area (TPSA) is 35.2 Å². The molecule has 0 spiro atoms. The zero-order valence-corrected chi connectivity index (χ0v) is 11.5. The highest BCUT2D eigenvalue weighted by Crippen LogP contribution is 2.25. The van der Waals surface area contributed by atoms with Gasteiger partial charge in [0.1, 0.15) is 5.75 Å². The van der Waals surface area contributed by atoms with Crippen molar-refractivity contribution in [3.8, 4) is 5.75 Å². The zero-order valence-electron chi connectivity index (χ0n) is 11.5. The Kier molecular flexibility index (Phi) is 5.49. The van der Waals surface area contributed by atoms with Crippen LogP contribution in [0.25, 0.3) is 0 Å². The summed E-state index contributed by atoms with van der Waals surface area (Å²) in [5, 5.41) is 0. The van der Waals surface area contributed by atoms with Gasteiger partial charge in [-0.25, -0.2) is 0 Å². The summed E-state index contributed by atoms with van der Waals surface area (Å²) >= 11 is 0. The molecule has 0 radical (unpaired) electrons. The molecule has 2 N–H and O–H groups in total. The standard InChI is InChI=1S/C15H25NO/c1-11(2)6-5-9-17-15-8-7-12(3)10-14(15)13(4)16/h7-8,10-11,13H,5-6,9,16H2,1-4H3. The van der Waals surface area contributed by atoms with E-state index in [0.29, 0.717) is 0 Å². The first-order chi connectivity index (χ1) is 8.00. The van der Waals surface area contributed by atoms with Crippen LogP contribution in [-0.4, -0.2) is 6.61 Å². The summed E-state index contributed by atoms with van der Waals surface area (Å²) in [5.41, 5.74) is 8.29. The Morgan fingerprint density at radius 2 is 1.94 bits per heavy atom. The van der Waals surface area contributed by atoms with Crippen LogP contribution in [0.3, 0.4) is 0 Å². The van der Waals surface area contributed by atoms with E-state index in [9.17, 15) is 0 Å². The van der Waals surface area contributed by atoms with E-state index in [0.717, 1.165) is 30.3 Å². The first-order valence-corrected chi connectivity index (χ1v) is 6.49. The van der Waals surface area contributed by atoms with Crippen molar-refractivity contribution in [2.75, 3.05) is 6.61 Å². The Labute approximate surface area is 105 Å². The molecule has 0 fully saturated rings. The Bertz CT molecular complexity index is 345. The molecule has 0 aliphatic rings. The van der Waals surface area contributed by atoms with Gasteiger partial charge in [0.25, 0.3) is 0 Å². The van der Waals surface area contributed by atoms with Crippen molar-refractivity contribution in [3.63, 3.8) is 0 Å². The second-order valence-electron chi connectivity index (χ2n) is 5.21. The summed E-state index contributed by atoms with van der Waals surface area (Å²) in [6.07, 6.45) is 2.31. The lowest BCUT2D eigenvalue weighted by Gasteiger charge is -2.15. The molecule has 2 nitrogen and oxygen atoms in total. The van der Waals surface area contributed by atoms with Crippen molar-refractivity contribution in [2.45, 2.75) is 46.6 Å². The summed E-state index contributed by atoms with van der Waals surface area (Å²) in [5.74, 6) is 1.68. The maximum Gasteiger partial charge on any atom is 0.124 e. The van der Waals surface area contributed by atoms with Gasteiger partial charge in [-0.2, -0.15) is 0 Å². The molecule has 0 aliphatic heterocycles. The van der Waals surface area contributed by atoms with Gasteiger partial charge in [-0.05, 0) is 38.7 Å². The maximum atomic E-state index is 5.96. The Morgan fingerprint density at radius 3 is 2.53 bits per heavy atom. The highest BCUT2D eigenvalue weighted by atomic mass is 16.5. The van der Waals surface area contributed by atoms with Crippen LogP contribution in [0.1, 0.15) is 50.8 Å². The molecule has 96 valence electrons. The van der Waals surface area contributed by atoms with Gasteiger partial charge in [-0.15, -0.1) is 0 Å². The molecule has 0 saturated carbocycles. The van der Waals surface area contributed by atoms with E-state index in [4.69, 9.17) is 10.5 Å². The van der Waals surface area contributed by atoms with Crippen LogP contribution >= 0.6 is 0 Å². The molecule has 0 aliphatic carbocycles. The first kappa shape index (κ1) is 14.0. The second kappa shape index (κ2) is 6.65. The zero-order chi connectivity index (χ0) is 12.8. The second-order valence-corrected chi connectivity index (χ2v) is 5.21. The Hall–Kier alpha value is -1.02. The molecule has 0 amide bonds. The van der Waals surface area contributed by atoms with Crippen molar-refractivity contribution in [2.24, 2.45) is 11.7 Å². The summed E-state index contributed by atoms with van der Waals surface area (Å²) in [4.78, 5) is 0. The fourth-order valence-corrected chi connectivity index (χ4v) is 1.83. The Morgan fingerprint density at radius 1 is 1.24 bits per heavy atom. The molecule has 0 saturated heterocycles. The number of ether oxygens (including phenoxy) is 1. The molecule has 0 heterocycles. The molecule has 1 atom stereocenters. The number of hydrogen-bond acceptors (Lipinski definition) is 2. The van der Waals surface area contributed by atoms with Crippen molar-refractivity contribution >= 4 is 0 Å². The van der Waals surface area contributed by atoms with Crippen LogP contribution in [0.2, 0.25) is 0 Å².